The SMILES string of the molecule is CCCCCCCCCCCC(=O)COS(=O)(=O)O. The molecule has 0 saturated heterocycles. The lowest BCUT2D eigenvalue weighted by Crippen LogP contribution is -2.13. The normalized spacial score (nSPS) is 11.7. The fourth-order valence-corrected chi connectivity index (χ4v) is 2.13. The molecule has 0 aliphatic heterocycles. The highest BCUT2D eigenvalue weighted by Crippen LogP contribution is 2.10. The zero-order valence-corrected chi connectivity index (χ0v) is 12.6. The molecular formula is C13H26O5S. The molecule has 114 valence electrons. The van der Waals surface area contributed by atoms with Crippen LogP contribution in [0.4, 0.5) is 0 Å². The van der Waals surface area contributed by atoms with Gasteiger partial charge in [0.2, 0.25) is 0 Å². The van der Waals surface area contributed by atoms with Crippen molar-refractivity contribution in [3.05, 3.63) is 0 Å². The van der Waals surface area contributed by atoms with Gasteiger partial charge >= 0.3 is 10.4 Å². The van der Waals surface area contributed by atoms with Gasteiger partial charge in [-0.2, -0.15) is 8.42 Å². The molecule has 0 aliphatic rings. The van der Waals surface area contributed by atoms with Crippen molar-refractivity contribution < 1.29 is 21.9 Å². The van der Waals surface area contributed by atoms with Crippen LogP contribution in [0.5, 0.6) is 0 Å². The molecule has 0 aliphatic carbocycles. The van der Waals surface area contributed by atoms with Gasteiger partial charge in [-0.05, 0) is 6.42 Å². The fraction of sp³-hybridized carbons (Fsp3) is 0.923. The summed E-state index contributed by atoms with van der Waals surface area (Å²) in [7, 11) is -4.49. The van der Waals surface area contributed by atoms with Crippen LogP contribution in [0.1, 0.15) is 71.1 Å². The monoisotopic (exact) mass is 294 g/mol. The highest BCUT2D eigenvalue weighted by Gasteiger charge is 2.09. The minimum absolute atomic E-state index is 0.291. The number of hydrogen-bond acceptors (Lipinski definition) is 4. The number of hydrogen-bond donors (Lipinski definition) is 1. The van der Waals surface area contributed by atoms with Gasteiger partial charge in [0, 0.05) is 6.42 Å². The number of carbonyl (C=O) groups excluding carboxylic acids is 1. The first kappa shape index (κ1) is 18.5. The second-order valence-corrected chi connectivity index (χ2v) is 5.90. The zero-order chi connectivity index (χ0) is 14.6. The van der Waals surface area contributed by atoms with E-state index in [9.17, 15) is 13.2 Å². The number of unbranched alkanes of at least 4 members (excludes halogenated alkanes) is 8. The molecule has 0 saturated carbocycles. The minimum atomic E-state index is -4.49. The molecule has 0 atom stereocenters. The summed E-state index contributed by atoms with van der Waals surface area (Å²) < 4.78 is 32.8. The van der Waals surface area contributed by atoms with E-state index in [2.05, 4.69) is 11.1 Å². The summed E-state index contributed by atoms with van der Waals surface area (Å²) in [6.07, 6.45) is 10.8. The van der Waals surface area contributed by atoms with Crippen LogP contribution < -0.4 is 0 Å². The summed E-state index contributed by atoms with van der Waals surface area (Å²) in [4.78, 5) is 11.2. The third kappa shape index (κ3) is 15.5. The number of carbonyl (C=O) groups is 1. The van der Waals surface area contributed by atoms with Crippen molar-refractivity contribution in [3.63, 3.8) is 0 Å². The lowest BCUT2D eigenvalue weighted by molar-refractivity contribution is -0.121. The molecule has 0 amide bonds. The average Bonchev–Trinajstić information content (AvgIpc) is 2.33. The molecule has 1 N–H and O–H groups in total. The van der Waals surface area contributed by atoms with Crippen molar-refractivity contribution in [3.8, 4) is 0 Å². The van der Waals surface area contributed by atoms with Crippen LogP contribution in [-0.4, -0.2) is 25.4 Å². The maximum atomic E-state index is 11.2. The van der Waals surface area contributed by atoms with Crippen LogP contribution in [-0.2, 0) is 19.4 Å². The van der Waals surface area contributed by atoms with Gasteiger partial charge in [0.1, 0.15) is 6.61 Å². The van der Waals surface area contributed by atoms with E-state index < -0.39 is 17.0 Å². The maximum Gasteiger partial charge on any atom is 0.397 e. The van der Waals surface area contributed by atoms with Crippen LogP contribution in [0.15, 0.2) is 0 Å². The molecule has 0 bridgehead atoms. The minimum Gasteiger partial charge on any atom is -0.297 e. The van der Waals surface area contributed by atoms with E-state index in [-0.39, 0.29) is 5.78 Å². The van der Waals surface area contributed by atoms with Gasteiger partial charge in [-0.15, -0.1) is 0 Å². The zero-order valence-electron chi connectivity index (χ0n) is 11.8. The van der Waals surface area contributed by atoms with Gasteiger partial charge in [0.25, 0.3) is 0 Å². The summed E-state index contributed by atoms with van der Waals surface area (Å²) in [6.45, 7) is 1.64. The Hall–Kier alpha value is -0.460. The van der Waals surface area contributed by atoms with Gasteiger partial charge in [0.05, 0.1) is 0 Å². The van der Waals surface area contributed by atoms with E-state index >= 15 is 0 Å². The standard InChI is InChI=1S/C13H26O5S/c1-2-3-4-5-6-7-8-9-10-11-13(14)12-18-19(15,16)17/h2-12H2,1H3,(H,15,16,17). The Bertz CT molecular complexity index is 324. The summed E-state index contributed by atoms with van der Waals surface area (Å²) >= 11 is 0. The second kappa shape index (κ2) is 11.4. The fourth-order valence-electron chi connectivity index (χ4n) is 1.85. The first-order valence-corrected chi connectivity index (χ1v) is 8.45. The average molecular weight is 294 g/mol. The van der Waals surface area contributed by atoms with Crippen LogP contribution in [0.25, 0.3) is 0 Å². The van der Waals surface area contributed by atoms with E-state index in [1.54, 1.807) is 0 Å². The first-order valence-electron chi connectivity index (χ1n) is 7.09. The maximum absolute atomic E-state index is 11.2. The Labute approximate surface area is 116 Å². The molecule has 0 aromatic rings. The lowest BCUT2D eigenvalue weighted by Gasteiger charge is -2.02. The summed E-state index contributed by atoms with van der Waals surface area (Å²) in [5, 5.41) is 0. The predicted octanol–water partition coefficient (Wildman–Crippen LogP) is 3.30. The molecular weight excluding hydrogens is 268 g/mol. The molecule has 5 nitrogen and oxygen atoms in total. The molecule has 0 aromatic carbocycles. The largest absolute Gasteiger partial charge is 0.397 e. The Balaban J connectivity index is 3.28. The van der Waals surface area contributed by atoms with Gasteiger partial charge in [-0.1, -0.05) is 58.3 Å². The molecule has 19 heavy (non-hydrogen) atoms. The van der Waals surface area contributed by atoms with Gasteiger partial charge in [-0.25, -0.2) is 4.18 Å². The molecule has 0 aromatic heterocycles. The topological polar surface area (TPSA) is 80.7 Å². The molecule has 0 unspecified atom stereocenters. The Kier molecular flexibility index (Phi) is 11.1. The highest BCUT2D eigenvalue weighted by atomic mass is 32.3. The third-order valence-electron chi connectivity index (χ3n) is 2.93. The molecule has 0 heterocycles. The van der Waals surface area contributed by atoms with Crippen LogP contribution in [0.3, 0.4) is 0 Å². The highest BCUT2D eigenvalue weighted by molar-refractivity contribution is 7.80. The Morgan fingerprint density at radius 1 is 0.947 bits per heavy atom. The molecule has 0 radical (unpaired) electrons. The molecule has 6 heteroatoms. The lowest BCUT2D eigenvalue weighted by atomic mass is 10.1. The van der Waals surface area contributed by atoms with Crippen molar-refractivity contribution in [1.82, 2.24) is 0 Å². The predicted molar refractivity (Wildman–Crippen MR) is 74.4 cm³/mol. The van der Waals surface area contributed by atoms with Gasteiger partial charge in [-0.3, -0.25) is 9.35 Å². The van der Waals surface area contributed by atoms with E-state index in [1.165, 1.54) is 38.5 Å². The number of rotatable bonds is 13. The molecule has 0 fully saturated rings. The summed E-state index contributed by atoms with van der Waals surface area (Å²) in [5.74, 6) is -0.291. The number of ketones is 1. The van der Waals surface area contributed by atoms with Crippen molar-refractivity contribution >= 4 is 16.2 Å². The smallest absolute Gasteiger partial charge is 0.297 e. The van der Waals surface area contributed by atoms with E-state index in [4.69, 9.17) is 4.55 Å². The van der Waals surface area contributed by atoms with Crippen LogP contribution in [0, 0.1) is 0 Å². The Morgan fingerprint density at radius 2 is 1.42 bits per heavy atom. The van der Waals surface area contributed by atoms with Gasteiger partial charge in [0.15, 0.2) is 5.78 Å². The van der Waals surface area contributed by atoms with Crippen molar-refractivity contribution in [2.75, 3.05) is 6.61 Å². The van der Waals surface area contributed by atoms with Crippen molar-refractivity contribution in [1.29, 1.82) is 0 Å². The second-order valence-electron chi connectivity index (χ2n) is 4.81. The summed E-state index contributed by atoms with van der Waals surface area (Å²) in [6, 6.07) is 0. The number of Topliss-reactive ketones (excluding diaryl/α,β-unsaturated/α-hetero) is 1. The van der Waals surface area contributed by atoms with E-state index in [0.717, 1.165) is 19.3 Å². The van der Waals surface area contributed by atoms with Crippen LogP contribution in [0.2, 0.25) is 0 Å². The molecule has 0 spiro atoms. The first-order chi connectivity index (χ1) is 8.95. The van der Waals surface area contributed by atoms with Crippen molar-refractivity contribution in [2.45, 2.75) is 71.1 Å². The van der Waals surface area contributed by atoms with Crippen molar-refractivity contribution in [2.24, 2.45) is 0 Å². The van der Waals surface area contributed by atoms with E-state index in [1.807, 2.05) is 0 Å². The third-order valence-corrected chi connectivity index (χ3v) is 3.34. The van der Waals surface area contributed by atoms with E-state index in [0.29, 0.717) is 6.42 Å². The van der Waals surface area contributed by atoms with Gasteiger partial charge < -0.3 is 0 Å². The molecule has 0 rings (SSSR count). The quantitative estimate of drug-likeness (QED) is 0.416. The Morgan fingerprint density at radius 3 is 1.89 bits per heavy atom. The van der Waals surface area contributed by atoms with Crippen LogP contribution >= 0.6 is 0 Å². The summed E-state index contributed by atoms with van der Waals surface area (Å²) in [5.41, 5.74) is 0.